The first-order valence-corrected chi connectivity index (χ1v) is 9.07. The van der Waals surface area contributed by atoms with Crippen LogP contribution < -0.4 is 0 Å². The lowest BCUT2D eigenvalue weighted by Gasteiger charge is -2.07. The van der Waals surface area contributed by atoms with Crippen LogP contribution >= 0.6 is 35.3 Å². The normalized spacial score (nSPS) is 10.6. The van der Waals surface area contributed by atoms with E-state index in [1.807, 2.05) is 35.3 Å². The van der Waals surface area contributed by atoms with Crippen molar-refractivity contribution in [3.05, 3.63) is 34.9 Å². The molecule has 0 heterocycles. The van der Waals surface area contributed by atoms with Crippen molar-refractivity contribution in [2.45, 2.75) is 17.3 Å². The van der Waals surface area contributed by atoms with Crippen molar-refractivity contribution in [3.8, 4) is 0 Å². The first kappa shape index (κ1) is 13.3. The van der Waals surface area contributed by atoms with Crippen molar-refractivity contribution in [1.82, 2.24) is 0 Å². The highest BCUT2D eigenvalue weighted by Gasteiger charge is 2.00. The molecule has 0 nitrogen and oxygen atoms in total. The molecule has 0 unspecified atom stereocenters. The van der Waals surface area contributed by atoms with Gasteiger partial charge in [0.05, 0.1) is 0 Å². The lowest BCUT2D eigenvalue weighted by Crippen LogP contribution is -1.90. The fraction of sp³-hybridized carbons (Fsp3) is 0.500. The Morgan fingerprint density at radius 2 is 0.933 bits per heavy atom. The molecule has 0 aliphatic rings. The summed E-state index contributed by atoms with van der Waals surface area (Å²) in [4.78, 5) is 0. The van der Waals surface area contributed by atoms with Crippen LogP contribution in [-0.4, -0.2) is 18.8 Å². The molecule has 15 heavy (non-hydrogen) atoms. The van der Waals surface area contributed by atoms with Gasteiger partial charge in [0.25, 0.3) is 0 Å². The van der Waals surface area contributed by atoms with E-state index in [9.17, 15) is 0 Å². The molecule has 0 radical (unpaired) electrons. The van der Waals surface area contributed by atoms with E-state index in [0.29, 0.717) is 0 Å². The van der Waals surface area contributed by atoms with Gasteiger partial charge in [-0.1, -0.05) is 18.2 Å². The summed E-state index contributed by atoms with van der Waals surface area (Å²) in [6.45, 7) is 0. The zero-order valence-corrected chi connectivity index (χ0v) is 12.0. The molecule has 3 heteroatoms. The molecule has 1 aromatic carbocycles. The summed E-state index contributed by atoms with van der Waals surface area (Å²) >= 11 is 5.68. The van der Waals surface area contributed by atoms with Crippen LogP contribution in [0, 0.1) is 0 Å². The molecule has 1 aromatic rings. The molecule has 0 amide bonds. The van der Waals surface area contributed by atoms with E-state index >= 15 is 0 Å². The van der Waals surface area contributed by atoms with E-state index in [0.717, 1.165) is 17.3 Å². The van der Waals surface area contributed by atoms with Gasteiger partial charge in [-0.3, -0.25) is 0 Å². The van der Waals surface area contributed by atoms with Crippen LogP contribution in [0.3, 0.4) is 0 Å². The second kappa shape index (κ2) is 7.53. The number of hydrogen-bond acceptors (Lipinski definition) is 3. The Kier molecular flexibility index (Phi) is 6.69. The number of rotatable bonds is 6. The van der Waals surface area contributed by atoms with E-state index in [1.54, 1.807) is 0 Å². The molecule has 0 N–H and O–H groups in total. The summed E-state index contributed by atoms with van der Waals surface area (Å²) in [6.07, 6.45) is 6.49. The zero-order chi connectivity index (χ0) is 11.1. The Morgan fingerprint density at radius 1 is 0.667 bits per heavy atom. The van der Waals surface area contributed by atoms with E-state index in [4.69, 9.17) is 0 Å². The summed E-state index contributed by atoms with van der Waals surface area (Å²) in [7, 11) is 0. The van der Waals surface area contributed by atoms with Gasteiger partial charge in [0.15, 0.2) is 0 Å². The van der Waals surface area contributed by atoms with E-state index in [2.05, 4.69) is 37.0 Å². The van der Waals surface area contributed by atoms with Crippen molar-refractivity contribution >= 4 is 35.3 Å². The quantitative estimate of drug-likeness (QED) is 0.747. The van der Waals surface area contributed by atoms with Gasteiger partial charge in [-0.05, 0) is 35.5 Å². The minimum atomic E-state index is 1.13. The highest BCUT2D eigenvalue weighted by Crippen LogP contribution is 2.20. The Morgan fingerprint density at radius 3 is 1.13 bits per heavy atom. The van der Waals surface area contributed by atoms with Crippen molar-refractivity contribution in [2.75, 3.05) is 18.8 Å². The maximum atomic E-state index is 2.34. The third-order valence-corrected chi connectivity index (χ3v) is 3.91. The molecule has 0 aromatic heterocycles. The monoisotopic (exact) mass is 258 g/mol. The van der Waals surface area contributed by atoms with Gasteiger partial charge in [0, 0.05) is 17.3 Å². The van der Waals surface area contributed by atoms with Crippen LogP contribution in [0.25, 0.3) is 0 Å². The van der Waals surface area contributed by atoms with Crippen LogP contribution in [-0.2, 0) is 17.3 Å². The van der Waals surface area contributed by atoms with Gasteiger partial charge in [-0.25, -0.2) is 0 Å². The molecule has 0 atom stereocenters. The van der Waals surface area contributed by atoms with Gasteiger partial charge in [-0.2, -0.15) is 35.3 Å². The highest BCUT2D eigenvalue weighted by atomic mass is 32.2. The first-order chi connectivity index (χ1) is 7.30. The molecule has 84 valence electrons. The van der Waals surface area contributed by atoms with Crippen molar-refractivity contribution in [2.24, 2.45) is 0 Å². The van der Waals surface area contributed by atoms with Crippen LogP contribution in [0.1, 0.15) is 16.7 Å². The molecule has 1 rings (SSSR count). The topological polar surface area (TPSA) is 0 Å². The van der Waals surface area contributed by atoms with E-state index in [-0.39, 0.29) is 0 Å². The molecule has 0 saturated heterocycles. The number of thioether (sulfide) groups is 3. The van der Waals surface area contributed by atoms with Gasteiger partial charge >= 0.3 is 0 Å². The van der Waals surface area contributed by atoms with Gasteiger partial charge in [-0.15, -0.1) is 0 Å². The van der Waals surface area contributed by atoms with Crippen molar-refractivity contribution in [1.29, 1.82) is 0 Å². The molecule has 0 spiro atoms. The van der Waals surface area contributed by atoms with E-state index < -0.39 is 0 Å². The van der Waals surface area contributed by atoms with Crippen LogP contribution in [0.2, 0.25) is 0 Å². The van der Waals surface area contributed by atoms with Crippen molar-refractivity contribution < 1.29 is 0 Å². The fourth-order valence-electron chi connectivity index (χ4n) is 1.59. The van der Waals surface area contributed by atoms with Crippen LogP contribution in [0.15, 0.2) is 18.2 Å². The van der Waals surface area contributed by atoms with Crippen molar-refractivity contribution in [3.63, 3.8) is 0 Å². The smallest absolute Gasteiger partial charge is 0.0182 e. The molecular formula is C12H18S3. The predicted molar refractivity (Wildman–Crippen MR) is 78.1 cm³/mol. The molecule has 0 aliphatic carbocycles. The Labute approximate surface area is 106 Å². The largest absolute Gasteiger partial charge is 0.161 e. The average Bonchev–Trinajstić information content (AvgIpc) is 2.19. The third-order valence-electron chi connectivity index (χ3n) is 2.05. The second-order valence-electron chi connectivity index (χ2n) is 3.46. The minimum Gasteiger partial charge on any atom is -0.161 e. The van der Waals surface area contributed by atoms with Gasteiger partial charge < -0.3 is 0 Å². The maximum absolute atomic E-state index is 2.34. The van der Waals surface area contributed by atoms with Gasteiger partial charge in [0.2, 0.25) is 0 Å². The molecular weight excluding hydrogens is 240 g/mol. The predicted octanol–water partition coefficient (Wildman–Crippen LogP) is 4.28. The fourth-order valence-corrected chi connectivity index (χ4v) is 3.09. The number of benzene rings is 1. The molecule has 0 aliphatic heterocycles. The summed E-state index contributed by atoms with van der Waals surface area (Å²) in [5, 5.41) is 0. The Bertz CT molecular complexity index is 237. The summed E-state index contributed by atoms with van der Waals surface area (Å²) < 4.78 is 0. The zero-order valence-electron chi connectivity index (χ0n) is 9.58. The summed E-state index contributed by atoms with van der Waals surface area (Å²) in [5.74, 6) is 3.39. The lowest BCUT2D eigenvalue weighted by molar-refractivity contribution is 1.27. The lowest BCUT2D eigenvalue weighted by atomic mass is 10.1. The Hall–Kier alpha value is 0.270. The number of hydrogen-bond donors (Lipinski definition) is 0. The first-order valence-electron chi connectivity index (χ1n) is 4.88. The molecule has 0 fully saturated rings. The van der Waals surface area contributed by atoms with Crippen LogP contribution in [0.4, 0.5) is 0 Å². The highest BCUT2D eigenvalue weighted by molar-refractivity contribution is 7.98. The average molecular weight is 258 g/mol. The standard InChI is InChI=1S/C12H18S3/c1-13-7-10-4-11(8-14-2)6-12(5-10)9-15-3/h4-6H,7-9H2,1-3H3. The SMILES string of the molecule is CSCc1cc(CSC)cc(CSC)c1. The second-order valence-corrected chi connectivity index (χ2v) is 6.05. The summed E-state index contributed by atoms with van der Waals surface area (Å²) in [5.41, 5.74) is 4.41. The summed E-state index contributed by atoms with van der Waals surface area (Å²) in [6, 6.07) is 7.03. The Balaban J connectivity index is 2.86. The van der Waals surface area contributed by atoms with Gasteiger partial charge in [0.1, 0.15) is 0 Å². The third kappa shape index (κ3) is 4.75. The maximum Gasteiger partial charge on any atom is 0.0182 e. The minimum absolute atomic E-state index is 1.13. The molecule has 0 bridgehead atoms. The molecule has 0 saturated carbocycles. The van der Waals surface area contributed by atoms with Crippen LogP contribution in [0.5, 0.6) is 0 Å². The van der Waals surface area contributed by atoms with E-state index in [1.165, 1.54) is 16.7 Å².